The van der Waals surface area contributed by atoms with Crippen LogP contribution >= 0.6 is 11.6 Å². The smallest absolute Gasteiger partial charge is 0.325 e. The van der Waals surface area contributed by atoms with Crippen LogP contribution in [0.15, 0.2) is 98.9 Å². The van der Waals surface area contributed by atoms with Gasteiger partial charge in [-0.2, -0.15) is 0 Å². The Balaban J connectivity index is 1.56. The number of nitrogens with zero attached hydrogens (tertiary/aromatic N) is 2. The van der Waals surface area contributed by atoms with E-state index in [0.717, 1.165) is 5.57 Å². The van der Waals surface area contributed by atoms with Crippen LogP contribution in [0, 0.1) is 5.92 Å². The molecule has 0 saturated heterocycles. The molecule has 1 saturated carbocycles. The second kappa shape index (κ2) is 13.0. The van der Waals surface area contributed by atoms with Crippen LogP contribution in [0.2, 0.25) is 5.02 Å². The van der Waals surface area contributed by atoms with E-state index in [0.29, 0.717) is 45.7 Å². The Bertz CT molecular complexity index is 1810. The summed E-state index contributed by atoms with van der Waals surface area (Å²) < 4.78 is 7.66. The van der Waals surface area contributed by atoms with Crippen LogP contribution in [0.25, 0.3) is 27.9 Å². The molecule has 1 fully saturated rings. The monoisotopic (exact) mass is 584 g/mol. The predicted molar refractivity (Wildman–Crippen MR) is 167 cm³/mol. The van der Waals surface area contributed by atoms with Crippen molar-refractivity contribution in [2.24, 2.45) is 5.92 Å². The molecule has 0 spiro atoms. The molecule has 5 rings (SSSR count). The summed E-state index contributed by atoms with van der Waals surface area (Å²) in [6.07, 6.45) is 16.7. The van der Waals surface area contributed by atoms with Gasteiger partial charge in [-0.1, -0.05) is 48.6 Å². The molecule has 3 heterocycles. The van der Waals surface area contributed by atoms with E-state index in [1.165, 1.54) is 48.4 Å². The number of benzene rings is 1. The zero-order valence-electron chi connectivity index (χ0n) is 23.7. The summed E-state index contributed by atoms with van der Waals surface area (Å²) in [4.78, 5) is 47.0. The molecule has 42 heavy (non-hydrogen) atoms. The van der Waals surface area contributed by atoms with Gasteiger partial charge in [-0.05, 0) is 80.1 Å². The first kappa shape index (κ1) is 29.1. The third-order valence-corrected chi connectivity index (χ3v) is 7.45. The topological polar surface area (TPSA) is 110 Å². The highest BCUT2D eigenvalue weighted by molar-refractivity contribution is 6.31. The van der Waals surface area contributed by atoms with Crippen molar-refractivity contribution in [1.82, 2.24) is 19.5 Å². The molecule has 8 nitrogen and oxygen atoms in total. The number of halogens is 1. The van der Waals surface area contributed by atoms with Crippen molar-refractivity contribution in [2.45, 2.75) is 46.0 Å². The van der Waals surface area contributed by atoms with Crippen LogP contribution in [-0.2, 0) is 0 Å². The summed E-state index contributed by atoms with van der Waals surface area (Å²) in [6, 6.07) is 10.3. The summed E-state index contributed by atoms with van der Waals surface area (Å²) in [7, 11) is 0. The van der Waals surface area contributed by atoms with E-state index in [1.807, 2.05) is 0 Å². The van der Waals surface area contributed by atoms with Gasteiger partial charge in [-0.25, -0.2) is 4.79 Å². The van der Waals surface area contributed by atoms with E-state index in [1.54, 1.807) is 55.0 Å². The molecule has 0 amide bonds. The van der Waals surface area contributed by atoms with Crippen molar-refractivity contribution in [1.29, 1.82) is 0 Å². The maximum Gasteiger partial charge on any atom is 0.325 e. The van der Waals surface area contributed by atoms with E-state index in [9.17, 15) is 14.4 Å². The number of ether oxygens (including phenoxy) is 1. The molecule has 0 radical (unpaired) electrons. The molecule has 0 aliphatic heterocycles. The van der Waals surface area contributed by atoms with Gasteiger partial charge in [0.25, 0.3) is 11.1 Å². The first-order valence-corrected chi connectivity index (χ1v) is 14.4. The largest absolute Gasteiger partial charge is 0.489 e. The third kappa shape index (κ3) is 7.06. The van der Waals surface area contributed by atoms with Crippen LogP contribution in [0.4, 0.5) is 0 Å². The van der Waals surface area contributed by atoms with E-state index in [2.05, 4.69) is 41.0 Å². The summed E-state index contributed by atoms with van der Waals surface area (Å²) in [5.41, 5.74) is 2.76. The zero-order chi connectivity index (χ0) is 29.6. The van der Waals surface area contributed by atoms with Gasteiger partial charge in [0.1, 0.15) is 12.4 Å². The molecule has 0 bridgehead atoms. The number of allylic oxidation sites excluding steroid dienone is 2. The van der Waals surface area contributed by atoms with E-state index >= 15 is 0 Å². The SMILES string of the molecule is CC(C)=C/C(=C\C1CCCCC1)COc1cc(Cl)cc(-c2cc(-c3c[nH]c(=O)[nH]c3=O)cn(-c3cccnc3)c2=O)c1. The van der Waals surface area contributed by atoms with Crippen LogP contribution in [0.1, 0.15) is 46.0 Å². The highest BCUT2D eigenvalue weighted by atomic mass is 35.5. The number of hydrogen-bond donors (Lipinski definition) is 2. The summed E-state index contributed by atoms with van der Waals surface area (Å²) in [5.74, 6) is 1.07. The van der Waals surface area contributed by atoms with Gasteiger partial charge < -0.3 is 9.72 Å². The molecule has 1 aromatic carbocycles. The number of pyridine rings is 2. The molecule has 0 atom stereocenters. The fourth-order valence-electron chi connectivity index (χ4n) is 5.33. The lowest BCUT2D eigenvalue weighted by Crippen LogP contribution is -2.24. The Morgan fingerprint density at radius 2 is 1.88 bits per heavy atom. The van der Waals surface area contributed by atoms with Crippen molar-refractivity contribution in [3.63, 3.8) is 0 Å². The predicted octanol–water partition coefficient (Wildman–Crippen LogP) is 6.45. The standard InChI is InChI=1S/C33H33ClN4O4/c1-21(2)11-23(12-22-7-4-3-5-8-22)20-42-28-14-24(13-26(34)16-28)29-15-25(30-18-36-33(41)37-31(30)39)19-38(32(29)40)27-9-6-10-35-17-27/h6,9-19,22H,3-5,7-8,20H2,1-2H3,(H2,36,37,39,41)/b23-12+. The van der Waals surface area contributed by atoms with Gasteiger partial charge in [0, 0.05) is 34.7 Å². The fraction of sp³-hybridized carbons (Fsp3) is 0.273. The Morgan fingerprint density at radius 1 is 1.07 bits per heavy atom. The minimum Gasteiger partial charge on any atom is -0.489 e. The van der Waals surface area contributed by atoms with Gasteiger partial charge in [0.05, 0.1) is 17.4 Å². The first-order chi connectivity index (χ1) is 20.3. The van der Waals surface area contributed by atoms with Crippen molar-refractivity contribution in [3.05, 3.63) is 121 Å². The maximum absolute atomic E-state index is 13.8. The first-order valence-electron chi connectivity index (χ1n) is 14.1. The average molecular weight is 585 g/mol. The van der Waals surface area contributed by atoms with Crippen molar-refractivity contribution in [3.8, 4) is 33.7 Å². The number of rotatable bonds is 8. The lowest BCUT2D eigenvalue weighted by molar-refractivity contribution is 0.351. The van der Waals surface area contributed by atoms with Gasteiger partial charge >= 0.3 is 5.69 Å². The minimum absolute atomic E-state index is 0.200. The quantitative estimate of drug-likeness (QED) is 0.231. The number of aromatic nitrogens is 4. The molecule has 216 valence electrons. The van der Waals surface area contributed by atoms with Crippen LogP contribution in [0.5, 0.6) is 5.75 Å². The lowest BCUT2D eigenvalue weighted by atomic mass is 9.88. The lowest BCUT2D eigenvalue weighted by Gasteiger charge is -2.19. The second-order valence-electron chi connectivity index (χ2n) is 10.8. The number of hydrogen-bond acceptors (Lipinski definition) is 5. The van der Waals surface area contributed by atoms with Crippen molar-refractivity contribution >= 4 is 11.6 Å². The number of H-pyrrole nitrogens is 2. The van der Waals surface area contributed by atoms with Gasteiger partial charge in [0.15, 0.2) is 0 Å². The minimum atomic E-state index is -0.619. The third-order valence-electron chi connectivity index (χ3n) is 7.23. The van der Waals surface area contributed by atoms with Crippen LogP contribution in [-0.4, -0.2) is 26.1 Å². The number of aromatic amines is 2. The molecule has 4 aromatic rings. The highest BCUT2D eigenvalue weighted by Crippen LogP contribution is 2.30. The Kier molecular flexibility index (Phi) is 9.03. The van der Waals surface area contributed by atoms with Crippen molar-refractivity contribution < 1.29 is 4.74 Å². The second-order valence-corrected chi connectivity index (χ2v) is 11.3. The molecule has 2 N–H and O–H groups in total. The zero-order valence-corrected chi connectivity index (χ0v) is 24.4. The van der Waals surface area contributed by atoms with Gasteiger partial charge in [-0.3, -0.25) is 24.1 Å². The Hall–Kier alpha value is -4.43. The van der Waals surface area contributed by atoms with Gasteiger partial charge in [0.2, 0.25) is 0 Å². The molecule has 1 aliphatic carbocycles. The van der Waals surface area contributed by atoms with Crippen LogP contribution in [0.3, 0.4) is 0 Å². The Morgan fingerprint density at radius 3 is 2.60 bits per heavy atom. The van der Waals surface area contributed by atoms with E-state index < -0.39 is 11.2 Å². The van der Waals surface area contributed by atoms with E-state index in [-0.39, 0.29) is 11.1 Å². The molecule has 9 heteroatoms. The Labute approximate surface area is 248 Å². The highest BCUT2D eigenvalue weighted by Gasteiger charge is 2.16. The summed E-state index contributed by atoms with van der Waals surface area (Å²) >= 11 is 6.54. The molecule has 3 aromatic heterocycles. The normalized spacial score (nSPS) is 14.0. The molecule has 1 aliphatic rings. The molecular weight excluding hydrogens is 552 g/mol. The average Bonchev–Trinajstić information content (AvgIpc) is 2.97. The van der Waals surface area contributed by atoms with E-state index in [4.69, 9.17) is 16.3 Å². The maximum atomic E-state index is 13.8. The summed E-state index contributed by atoms with van der Waals surface area (Å²) in [5, 5.41) is 0.405. The number of nitrogens with one attached hydrogen (secondary N) is 2. The molecule has 0 unspecified atom stereocenters. The van der Waals surface area contributed by atoms with Gasteiger partial charge in [-0.15, -0.1) is 0 Å². The fourth-order valence-corrected chi connectivity index (χ4v) is 5.55. The molecular formula is C33H33ClN4O4. The summed E-state index contributed by atoms with van der Waals surface area (Å²) in [6.45, 7) is 4.51. The van der Waals surface area contributed by atoms with Crippen molar-refractivity contribution in [2.75, 3.05) is 6.61 Å². The van der Waals surface area contributed by atoms with Crippen LogP contribution < -0.4 is 21.5 Å².